The number of carbonyl (C=O) groups is 1. The fourth-order valence-corrected chi connectivity index (χ4v) is 1.24. The van der Waals surface area contributed by atoms with Crippen molar-refractivity contribution in [3.05, 3.63) is 0 Å². The van der Waals surface area contributed by atoms with Crippen LogP contribution in [0.15, 0.2) is 0 Å². The van der Waals surface area contributed by atoms with Gasteiger partial charge in [-0.2, -0.15) is 13.2 Å². The summed E-state index contributed by atoms with van der Waals surface area (Å²) in [6.07, 6.45) is -7.56. The van der Waals surface area contributed by atoms with E-state index in [9.17, 15) is 18.0 Å². The van der Waals surface area contributed by atoms with Gasteiger partial charge in [0.2, 0.25) is 0 Å². The summed E-state index contributed by atoms with van der Waals surface area (Å²) < 4.78 is 41.6. The molecular formula is C12H23F3N2O3. The molecule has 0 unspecified atom stereocenters. The van der Waals surface area contributed by atoms with Crippen molar-refractivity contribution in [1.82, 2.24) is 9.80 Å². The first-order valence-corrected chi connectivity index (χ1v) is 6.20. The normalized spacial score (nSPS) is 14.3. The quantitative estimate of drug-likeness (QED) is 0.840. The molecule has 1 amide bonds. The monoisotopic (exact) mass is 300 g/mol. The predicted octanol–water partition coefficient (Wildman–Crippen LogP) is 1.71. The molecule has 0 aliphatic rings. The molecule has 0 aliphatic carbocycles. The highest BCUT2D eigenvalue weighted by molar-refractivity contribution is 5.67. The van der Waals surface area contributed by atoms with Crippen LogP contribution in [0, 0.1) is 0 Å². The van der Waals surface area contributed by atoms with Gasteiger partial charge in [-0.1, -0.05) is 0 Å². The van der Waals surface area contributed by atoms with E-state index in [2.05, 4.69) is 0 Å². The SMILES string of the molecule is CN(CCN(C)C(=O)OC(C)(C)C)C[C@H](O)C(F)(F)F. The number of hydrogen-bond donors (Lipinski definition) is 1. The fourth-order valence-electron chi connectivity index (χ4n) is 1.24. The van der Waals surface area contributed by atoms with E-state index in [1.165, 1.54) is 23.9 Å². The second-order valence-electron chi connectivity index (χ2n) is 5.72. The number of carbonyl (C=O) groups excluding carboxylic acids is 1. The Morgan fingerprint density at radius 1 is 1.20 bits per heavy atom. The van der Waals surface area contributed by atoms with Crippen LogP contribution in [0.1, 0.15) is 20.8 Å². The Morgan fingerprint density at radius 2 is 1.70 bits per heavy atom. The molecule has 0 fully saturated rings. The molecule has 20 heavy (non-hydrogen) atoms. The van der Waals surface area contributed by atoms with E-state index in [-0.39, 0.29) is 13.1 Å². The zero-order chi connectivity index (χ0) is 16.1. The molecule has 1 N–H and O–H groups in total. The van der Waals surface area contributed by atoms with Crippen LogP contribution in [0.25, 0.3) is 0 Å². The van der Waals surface area contributed by atoms with Crippen LogP contribution in [0.4, 0.5) is 18.0 Å². The summed E-state index contributed by atoms with van der Waals surface area (Å²) in [5, 5.41) is 8.91. The first kappa shape index (κ1) is 19.0. The highest BCUT2D eigenvalue weighted by atomic mass is 19.4. The van der Waals surface area contributed by atoms with Gasteiger partial charge in [-0.05, 0) is 27.8 Å². The number of ether oxygens (including phenoxy) is 1. The van der Waals surface area contributed by atoms with Gasteiger partial charge in [0.25, 0.3) is 0 Å². The van der Waals surface area contributed by atoms with Gasteiger partial charge in [0.05, 0.1) is 0 Å². The van der Waals surface area contributed by atoms with E-state index in [0.717, 1.165) is 0 Å². The average Bonchev–Trinajstić information content (AvgIpc) is 2.21. The van der Waals surface area contributed by atoms with Gasteiger partial charge >= 0.3 is 12.3 Å². The van der Waals surface area contributed by atoms with E-state index in [0.29, 0.717) is 0 Å². The number of likely N-dealkylation sites (N-methyl/N-ethyl adjacent to an activating group) is 2. The standard InChI is InChI=1S/C12H23F3N2O3/c1-11(2,3)20-10(19)17(5)7-6-16(4)8-9(18)12(13,14)15/h9,18H,6-8H2,1-5H3/t9-/m0/s1. The van der Waals surface area contributed by atoms with Gasteiger partial charge in [-0.3, -0.25) is 0 Å². The summed E-state index contributed by atoms with van der Waals surface area (Å²) >= 11 is 0. The third kappa shape index (κ3) is 8.21. The molecular weight excluding hydrogens is 277 g/mol. The Bertz CT molecular complexity index is 316. The lowest BCUT2D eigenvalue weighted by Crippen LogP contribution is -2.43. The van der Waals surface area contributed by atoms with Crippen molar-refractivity contribution in [1.29, 1.82) is 0 Å². The molecule has 0 rings (SSSR count). The fraction of sp³-hybridized carbons (Fsp3) is 0.917. The first-order valence-electron chi connectivity index (χ1n) is 6.20. The summed E-state index contributed by atoms with van der Waals surface area (Å²) in [6, 6.07) is 0. The maximum Gasteiger partial charge on any atom is 0.415 e. The Morgan fingerprint density at radius 3 is 2.10 bits per heavy atom. The summed E-state index contributed by atoms with van der Waals surface area (Å²) in [6.45, 7) is 5.05. The van der Waals surface area contributed by atoms with E-state index >= 15 is 0 Å². The minimum atomic E-state index is -4.63. The summed E-state index contributed by atoms with van der Waals surface area (Å²) in [4.78, 5) is 14.2. The average molecular weight is 300 g/mol. The number of rotatable bonds is 5. The number of amides is 1. The molecule has 0 aliphatic heterocycles. The maximum atomic E-state index is 12.2. The maximum absolute atomic E-state index is 12.2. The molecule has 0 heterocycles. The summed E-state index contributed by atoms with van der Waals surface area (Å²) in [5.41, 5.74) is -0.621. The lowest BCUT2D eigenvalue weighted by molar-refractivity contribution is -0.207. The molecule has 0 saturated carbocycles. The van der Waals surface area contributed by atoms with Crippen LogP contribution in [0.3, 0.4) is 0 Å². The van der Waals surface area contributed by atoms with Crippen molar-refractivity contribution >= 4 is 6.09 Å². The van der Waals surface area contributed by atoms with Gasteiger partial charge in [0, 0.05) is 26.7 Å². The molecule has 5 nitrogen and oxygen atoms in total. The first-order chi connectivity index (χ1) is 8.83. The number of aliphatic hydroxyl groups excluding tert-OH is 1. The number of halogens is 3. The molecule has 0 bridgehead atoms. The third-order valence-electron chi connectivity index (χ3n) is 2.38. The lowest BCUT2D eigenvalue weighted by Gasteiger charge is -2.27. The molecule has 1 atom stereocenters. The molecule has 120 valence electrons. The largest absolute Gasteiger partial charge is 0.444 e. The Labute approximate surface area is 117 Å². The van der Waals surface area contributed by atoms with Gasteiger partial charge in [-0.15, -0.1) is 0 Å². The Hall–Kier alpha value is -1.02. The molecule has 0 radical (unpaired) electrons. The van der Waals surface area contributed by atoms with Crippen molar-refractivity contribution in [3.63, 3.8) is 0 Å². The minimum absolute atomic E-state index is 0.197. The zero-order valence-electron chi connectivity index (χ0n) is 12.5. The number of alkyl halides is 3. The van der Waals surface area contributed by atoms with Gasteiger partial charge < -0.3 is 19.6 Å². The molecule has 8 heteroatoms. The third-order valence-corrected chi connectivity index (χ3v) is 2.38. The molecule has 0 spiro atoms. The van der Waals surface area contributed by atoms with Crippen LogP contribution in [-0.2, 0) is 4.74 Å². The van der Waals surface area contributed by atoms with Gasteiger partial charge in [0.15, 0.2) is 6.10 Å². The van der Waals surface area contributed by atoms with E-state index in [1.807, 2.05) is 0 Å². The molecule has 0 saturated heterocycles. The molecule has 0 aromatic heterocycles. The van der Waals surface area contributed by atoms with Crippen LogP contribution in [0.2, 0.25) is 0 Å². The Kier molecular flexibility index (Phi) is 6.76. The van der Waals surface area contributed by atoms with Crippen molar-refractivity contribution in [2.45, 2.75) is 38.7 Å². The topological polar surface area (TPSA) is 53.0 Å². The van der Waals surface area contributed by atoms with Gasteiger partial charge in [0.1, 0.15) is 5.60 Å². The smallest absolute Gasteiger partial charge is 0.415 e. The number of aliphatic hydroxyl groups is 1. The van der Waals surface area contributed by atoms with Crippen molar-refractivity contribution < 1.29 is 27.8 Å². The van der Waals surface area contributed by atoms with E-state index < -0.39 is 30.5 Å². The van der Waals surface area contributed by atoms with Crippen LogP contribution >= 0.6 is 0 Å². The zero-order valence-corrected chi connectivity index (χ0v) is 12.5. The second kappa shape index (κ2) is 7.12. The van der Waals surface area contributed by atoms with Crippen LogP contribution < -0.4 is 0 Å². The predicted molar refractivity (Wildman–Crippen MR) is 68.4 cm³/mol. The van der Waals surface area contributed by atoms with Crippen molar-refractivity contribution in [2.75, 3.05) is 33.7 Å². The summed E-state index contributed by atoms with van der Waals surface area (Å²) in [7, 11) is 2.94. The highest BCUT2D eigenvalue weighted by Gasteiger charge is 2.38. The van der Waals surface area contributed by atoms with E-state index in [4.69, 9.17) is 9.84 Å². The molecule has 0 aromatic rings. The number of hydrogen-bond acceptors (Lipinski definition) is 4. The Balaban J connectivity index is 4.12. The second-order valence-corrected chi connectivity index (χ2v) is 5.72. The minimum Gasteiger partial charge on any atom is -0.444 e. The lowest BCUT2D eigenvalue weighted by atomic mass is 10.2. The highest BCUT2D eigenvalue weighted by Crippen LogP contribution is 2.20. The number of nitrogens with zero attached hydrogens (tertiary/aromatic N) is 2. The van der Waals surface area contributed by atoms with E-state index in [1.54, 1.807) is 20.8 Å². The summed E-state index contributed by atoms with van der Waals surface area (Å²) in [5.74, 6) is 0. The van der Waals surface area contributed by atoms with Crippen molar-refractivity contribution in [2.24, 2.45) is 0 Å². The van der Waals surface area contributed by atoms with Crippen molar-refractivity contribution in [3.8, 4) is 0 Å². The van der Waals surface area contributed by atoms with Crippen LogP contribution in [0.5, 0.6) is 0 Å². The molecule has 0 aromatic carbocycles. The van der Waals surface area contributed by atoms with Gasteiger partial charge in [-0.25, -0.2) is 4.79 Å². The van der Waals surface area contributed by atoms with Crippen LogP contribution in [-0.4, -0.2) is 72.6 Å².